The highest BCUT2D eigenvalue weighted by Crippen LogP contribution is 2.22. The van der Waals surface area contributed by atoms with Gasteiger partial charge in [-0.3, -0.25) is 4.98 Å². The van der Waals surface area contributed by atoms with Crippen LogP contribution in [-0.4, -0.2) is 13.8 Å². The molecule has 1 aromatic carbocycles. The first kappa shape index (κ1) is 12.3. The zero-order valence-corrected chi connectivity index (χ0v) is 12.3. The molecule has 0 bridgehead atoms. The van der Waals surface area contributed by atoms with E-state index < -0.39 is 8.80 Å². The molecule has 0 spiro atoms. The average Bonchev–Trinajstić information content (AvgIpc) is 2.28. The van der Waals surface area contributed by atoms with Crippen LogP contribution in [0, 0.1) is 0 Å². The first-order chi connectivity index (χ1) is 8.11. The molecule has 0 aliphatic heterocycles. The maximum atomic E-state index is 4.60. The van der Waals surface area contributed by atoms with Crippen LogP contribution in [0.25, 0.3) is 10.9 Å². The van der Waals surface area contributed by atoms with E-state index >= 15 is 0 Å². The fourth-order valence-electron chi connectivity index (χ4n) is 2.88. The highest BCUT2D eigenvalue weighted by atomic mass is 28.3. The van der Waals surface area contributed by atoms with Crippen molar-refractivity contribution < 1.29 is 0 Å². The molecular weight excluding hydrogens is 222 g/mol. The normalized spacial score (nSPS) is 11.9. The van der Waals surface area contributed by atoms with Gasteiger partial charge in [-0.2, -0.15) is 0 Å². The van der Waals surface area contributed by atoms with Gasteiger partial charge in [-0.1, -0.05) is 52.0 Å². The summed E-state index contributed by atoms with van der Waals surface area (Å²) in [6, 6.07) is 10.8. The van der Waals surface area contributed by atoms with Gasteiger partial charge in [0.05, 0.1) is 14.3 Å². The van der Waals surface area contributed by atoms with Crippen LogP contribution in [0.4, 0.5) is 0 Å². The van der Waals surface area contributed by atoms with Gasteiger partial charge in [0.15, 0.2) is 0 Å². The van der Waals surface area contributed by atoms with Crippen molar-refractivity contribution in [1.82, 2.24) is 4.98 Å². The summed E-state index contributed by atoms with van der Waals surface area (Å²) in [5, 5.41) is 2.82. The summed E-state index contributed by atoms with van der Waals surface area (Å²) >= 11 is 0. The molecule has 1 nitrogen and oxygen atoms in total. The lowest BCUT2D eigenvalue weighted by Crippen LogP contribution is -2.36. The van der Waals surface area contributed by atoms with E-state index in [-0.39, 0.29) is 0 Å². The van der Waals surface area contributed by atoms with E-state index in [1.165, 1.54) is 16.1 Å². The third kappa shape index (κ3) is 2.42. The summed E-state index contributed by atoms with van der Waals surface area (Å²) in [5.41, 5.74) is 2.79. The predicted molar refractivity (Wildman–Crippen MR) is 78.7 cm³/mol. The SMILES string of the molecule is CC(C)[SiH](c1cccc2cccnc12)C(C)C. The third-order valence-electron chi connectivity index (χ3n) is 3.46. The van der Waals surface area contributed by atoms with Crippen molar-refractivity contribution in [2.24, 2.45) is 0 Å². The smallest absolute Gasteiger partial charge is 0.0787 e. The number of fused-ring (bicyclic) bond motifs is 1. The van der Waals surface area contributed by atoms with Gasteiger partial charge in [-0.15, -0.1) is 0 Å². The van der Waals surface area contributed by atoms with Crippen LogP contribution in [0.1, 0.15) is 27.7 Å². The van der Waals surface area contributed by atoms with Crippen molar-refractivity contribution in [3.05, 3.63) is 36.5 Å². The van der Waals surface area contributed by atoms with E-state index in [2.05, 4.69) is 56.9 Å². The number of pyridine rings is 1. The highest BCUT2D eigenvalue weighted by molar-refractivity contribution is 6.77. The maximum Gasteiger partial charge on any atom is 0.0787 e. The lowest BCUT2D eigenvalue weighted by molar-refractivity contribution is 0.951. The molecule has 17 heavy (non-hydrogen) atoms. The molecule has 0 aliphatic carbocycles. The molecule has 90 valence electrons. The van der Waals surface area contributed by atoms with E-state index in [0.29, 0.717) is 0 Å². The minimum atomic E-state index is -0.951. The fourth-order valence-corrected chi connectivity index (χ4v) is 6.75. The summed E-state index contributed by atoms with van der Waals surface area (Å²) in [6.07, 6.45) is 1.91. The van der Waals surface area contributed by atoms with Crippen molar-refractivity contribution in [3.63, 3.8) is 0 Å². The topological polar surface area (TPSA) is 12.9 Å². The predicted octanol–water partition coefficient (Wildman–Crippen LogP) is 3.49. The summed E-state index contributed by atoms with van der Waals surface area (Å²) in [6.45, 7) is 9.44. The van der Waals surface area contributed by atoms with Gasteiger partial charge in [-0.25, -0.2) is 0 Å². The summed E-state index contributed by atoms with van der Waals surface area (Å²) in [5.74, 6) is 0. The second-order valence-electron chi connectivity index (χ2n) is 5.44. The molecule has 0 saturated heterocycles. The Balaban J connectivity index is 2.61. The minimum Gasteiger partial charge on any atom is -0.256 e. The van der Waals surface area contributed by atoms with Crippen molar-refractivity contribution >= 4 is 24.9 Å². The number of hydrogen-bond donors (Lipinski definition) is 0. The molecule has 0 N–H and O–H groups in total. The van der Waals surface area contributed by atoms with E-state index in [1.54, 1.807) is 0 Å². The largest absolute Gasteiger partial charge is 0.256 e. The Bertz CT molecular complexity index is 492. The van der Waals surface area contributed by atoms with Crippen LogP contribution in [0.15, 0.2) is 36.5 Å². The van der Waals surface area contributed by atoms with Crippen LogP contribution >= 0.6 is 0 Å². The number of aromatic nitrogens is 1. The van der Waals surface area contributed by atoms with Crippen molar-refractivity contribution in [2.75, 3.05) is 0 Å². The van der Waals surface area contributed by atoms with Gasteiger partial charge in [0.1, 0.15) is 0 Å². The second kappa shape index (κ2) is 5.01. The highest BCUT2D eigenvalue weighted by Gasteiger charge is 2.23. The number of hydrogen-bond acceptors (Lipinski definition) is 1. The summed E-state index contributed by atoms with van der Waals surface area (Å²) < 4.78 is 0. The minimum absolute atomic E-state index is 0.780. The van der Waals surface area contributed by atoms with E-state index in [4.69, 9.17) is 0 Å². The van der Waals surface area contributed by atoms with Gasteiger partial charge >= 0.3 is 0 Å². The summed E-state index contributed by atoms with van der Waals surface area (Å²) in [7, 11) is -0.951. The van der Waals surface area contributed by atoms with Gasteiger partial charge in [-0.05, 0) is 22.3 Å². The van der Waals surface area contributed by atoms with Crippen molar-refractivity contribution in [3.8, 4) is 0 Å². The zero-order chi connectivity index (χ0) is 12.4. The van der Waals surface area contributed by atoms with Crippen LogP contribution in [-0.2, 0) is 0 Å². The van der Waals surface area contributed by atoms with Gasteiger partial charge in [0.25, 0.3) is 0 Å². The van der Waals surface area contributed by atoms with E-state index in [1.807, 2.05) is 12.3 Å². The zero-order valence-electron chi connectivity index (χ0n) is 11.1. The lowest BCUT2D eigenvalue weighted by atomic mass is 10.2. The lowest BCUT2D eigenvalue weighted by Gasteiger charge is -2.24. The fraction of sp³-hybridized carbons (Fsp3) is 0.400. The molecule has 0 amide bonds. The molecule has 0 unspecified atom stereocenters. The molecule has 0 aliphatic rings. The summed E-state index contributed by atoms with van der Waals surface area (Å²) in [4.78, 5) is 4.60. The van der Waals surface area contributed by atoms with Crippen molar-refractivity contribution in [2.45, 2.75) is 38.8 Å². The maximum absolute atomic E-state index is 4.60. The standard InChI is InChI=1S/C15H21NSi/c1-11(2)17(12(3)4)14-9-5-7-13-8-6-10-16-15(13)14/h5-12,17H,1-4H3. The third-order valence-corrected chi connectivity index (χ3v) is 7.52. The average molecular weight is 243 g/mol. The van der Waals surface area contributed by atoms with E-state index in [0.717, 1.165) is 11.1 Å². The van der Waals surface area contributed by atoms with Gasteiger partial charge in [0.2, 0.25) is 0 Å². The number of para-hydroxylation sites is 1. The van der Waals surface area contributed by atoms with E-state index in [9.17, 15) is 0 Å². The second-order valence-corrected chi connectivity index (χ2v) is 9.78. The molecule has 1 heterocycles. The number of rotatable bonds is 3. The molecule has 1 aromatic heterocycles. The molecule has 2 rings (SSSR count). The number of benzene rings is 1. The monoisotopic (exact) mass is 243 g/mol. The Kier molecular flexibility index (Phi) is 3.62. The quantitative estimate of drug-likeness (QED) is 0.752. The van der Waals surface area contributed by atoms with Crippen LogP contribution < -0.4 is 5.19 Å². The first-order valence-corrected chi connectivity index (χ1v) is 8.36. The van der Waals surface area contributed by atoms with Crippen LogP contribution in [0.3, 0.4) is 0 Å². The van der Waals surface area contributed by atoms with Crippen LogP contribution in [0.2, 0.25) is 11.1 Å². The van der Waals surface area contributed by atoms with Gasteiger partial charge < -0.3 is 0 Å². The molecule has 2 heteroatoms. The number of nitrogens with zero attached hydrogens (tertiary/aromatic N) is 1. The molecule has 0 radical (unpaired) electrons. The molecule has 0 saturated carbocycles. The Morgan fingerprint density at radius 2 is 1.59 bits per heavy atom. The Labute approximate surface area is 106 Å². The van der Waals surface area contributed by atoms with Gasteiger partial charge in [0, 0.05) is 11.6 Å². The van der Waals surface area contributed by atoms with Crippen molar-refractivity contribution in [1.29, 1.82) is 0 Å². The molecule has 2 aromatic rings. The molecule has 0 atom stereocenters. The Hall–Kier alpha value is -1.15. The Morgan fingerprint density at radius 3 is 2.24 bits per heavy atom. The molecule has 0 fully saturated rings. The Morgan fingerprint density at radius 1 is 0.941 bits per heavy atom. The van der Waals surface area contributed by atoms with Crippen LogP contribution in [0.5, 0.6) is 0 Å². The molecular formula is C15H21NSi. The first-order valence-electron chi connectivity index (χ1n) is 6.45.